The second-order valence-electron chi connectivity index (χ2n) is 4.50. The molecule has 0 fully saturated rings. The predicted molar refractivity (Wildman–Crippen MR) is 81.5 cm³/mol. The molecule has 1 aromatic carbocycles. The van der Waals surface area contributed by atoms with Gasteiger partial charge in [0.1, 0.15) is 6.61 Å². The second-order valence-corrected chi connectivity index (χ2v) is 5.22. The van der Waals surface area contributed by atoms with Crippen LogP contribution in [0.15, 0.2) is 29.1 Å². The summed E-state index contributed by atoms with van der Waals surface area (Å²) in [5.74, 6) is 0.281. The molecule has 2 aromatic rings. The van der Waals surface area contributed by atoms with E-state index in [4.69, 9.17) is 4.74 Å². The molecule has 0 aliphatic carbocycles. The van der Waals surface area contributed by atoms with Crippen LogP contribution in [-0.2, 0) is 13.2 Å². The number of rotatable bonds is 8. The lowest BCUT2D eigenvalue weighted by Crippen LogP contribution is -2.13. The average Bonchev–Trinajstić information content (AvgIpc) is 2.98. The molecule has 0 amide bonds. The van der Waals surface area contributed by atoms with E-state index in [2.05, 4.69) is 17.2 Å². The summed E-state index contributed by atoms with van der Waals surface area (Å²) >= 11 is 1.47. The first-order chi connectivity index (χ1) is 10.2. The molecule has 0 spiro atoms. The van der Waals surface area contributed by atoms with E-state index in [1.165, 1.54) is 17.4 Å². The van der Waals surface area contributed by atoms with Crippen LogP contribution in [0.2, 0.25) is 0 Å². The van der Waals surface area contributed by atoms with E-state index in [1.807, 2.05) is 5.38 Å². The Labute approximate surface area is 126 Å². The number of aromatic nitrogens is 1. The minimum absolute atomic E-state index is 0.0236. The normalized spacial score (nSPS) is 10.5. The zero-order valence-corrected chi connectivity index (χ0v) is 12.6. The molecular weight excluding hydrogens is 290 g/mol. The molecule has 1 N–H and O–H groups in total. The summed E-state index contributed by atoms with van der Waals surface area (Å²) in [7, 11) is 0. The van der Waals surface area contributed by atoms with Crippen molar-refractivity contribution >= 4 is 17.0 Å². The van der Waals surface area contributed by atoms with Crippen LogP contribution in [-0.4, -0.2) is 16.5 Å². The lowest BCUT2D eigenvalue weighted by Gasteiger charge is -2.08. The molecule has 0 saturated heterocycles. The summed E-state index contributed by atoms with van der Waals surface area (Å²) in [5.41, 5.74) is 3.41. The number of ether oxygens (including phenoxy) is 1. The van der Waals surface area contributed by atoms with Gasteiger partial charge in [0.15, 0.2) is 5.75 Å². The molecule has 0 bridgehead atoms. The van der Waals surface area contributed by atoms with Gasteiger partial charge in [0.05, 0.1) is 16.1 Å². The van der Waals surface area contributed by atoms with Crippen molar-refractivity contribution in [1.29, 1.82) is 0 Å². The van der Waals surface area contributed by atoms with E-state index < -0.39 is 4.92 Å². The predicted octanol–water partition coefficient (Wildman–Crippen LogP) is 3.13. The van der Waals surface area contributed by atoms with Crippen LogP contribution in [0.25, 0.3) is 0 Å². The van der Waals surface area contributed by atoms with Gasteiger partial charge in [-0.3, -0.25) is 10.1 Å². The maximum Gasteiger partial charge on any atom is 0.310 e. The van der Waals surface area contributed by atoms with Crippen LogP contribution in [0.1, 0.15) is 24.6 Å². The van der Waals surface area contributed by atoms with Crippen molar-refractivity contribution in [2.24, 2.45) is 0 Å². The van der Waals surface area contributed by atoms with Crippen molar-refractivity contribution in [2.45, 2.75) is 26.5 Å². The molecule has 0 unspecified atom stereocenters. The molecule has 1 aromatic heterocycles. The van der Waals surface area contributed by atoms with E-state index in [0.717, 1.165) is 24.2 Å². The van der Waals surface area contributed by atoms with E-state index in [9.17, 15) is 10.1 Å². The number of hydrogen-bond donors (Lipinski definition) is 1. The fourth-order valence-electron chi connectivity index (χ4n) is 1.80. The third-order valence-electron chi connectivity index (χ3n) is 2.84. The largest absolute Gasteiger partial charge is 0.480 e. The first-order valence-corrected chi connectivity index (χ1v) is 7.63. The zero-order chi connectivity index (χ0) is 15.1. The van der Waals surface area contributed by atoms with E-state index >= 15 is 0 Å². The van der Waals surface area contributed by atoms with Crippen LogP contribution in [0.5, 0.6) is 5.75 Å². The Balaban J connectivity index is 2.10. The Hall–Kier alpha value is -1.99. The van der Waals surface area contributed by atoms with Gasteiger partial charge in [-0.25, -0.2) is 4.98 Å². The number of thiazole rings is 1. The number of nitro groups is 1. The quantitative estimate of drug-likeness (QED) is 0.460. The molecule has 7 heteroatoms. The minimum Gasteiger partial charge on any atom is -0.480 e. The third-order valence-corrected chi connectivity index (χ3v) is 3.47. The van der Waals surface area contributed by atoms with Gasteiger partial charge < -0.3 is 10.1 Å². The number of nitrogens with one attached hydrogen (secondary N) is 1. The van der Waals surface area contributed by atoms with Gasteiger partial charge in [-0.1, -0.05) is 13.0 Å². The molecule has 2 rings (SSSR count). The highest BCUT2D eigenvalue weighted by Gasteiger charge is 2.16. The van der Waals surface area contributed by atoms with Crippen molar-refractivity contribution in [1.82, 2.24) is 10.3 Å². The van der Waals surface area contributed by atoms with Crippen molar-refractivity contribution in [3.8, 4) is 5.75 Å². The van der Waals surface area contributed by atoms with E-state index in [0.29, 0.717) is 6.54 Å². The molecule has 112 valence electrons. The fraction of sp³-hybridized carbons (Fsp3) is 0.357. The summed E-state index contributed by atoms with van der Waals surface area (Å²) in [5, 5.41) is 16.2. The van der Waals surface area contributed by atoms with Crippen LogP contribution in [0, 0.1) is 10.1 Å². The van der Waals surface area contributed by atoms with E-state index in [1.54, 1.807) is 17.6 Å². The minimum atomic E-state index is -0.431. The number of nitrogens with zero attached hydrogens (tertiary/aromatic N) is 2. The first-order valence-electron chi connectivity index (χ1n) is 6.68. The summed E-state index contributed by atoms with van der Waals surface area (Å²) < 4.78 is 5.56. The van der Waals surface area contributed by atoms with Crippen LogP contribution < -0.4 is 10.1 Å². The molecule has 0 aliphatic rings. The van der Waals surface area contributed by atoms with Gasteiger partial charge in [0.25, 0.3) is 0 Å². The monoisotopic (exact) mass is 307 g/mol. The van der Waals surface area contributed by atoms with E-state index in [-0.39, 0.29) is 18.0 Å². The summed E-state index contributed by atoms with van der Waals surface area (Å²) in [4.78, 5) is 14.7. The SMILES string of the molecule is CCCNCc1ccc([N+](=O)[O-])c(OCc2cscn2)c1. The highest BCUT2D eigenvalue weighted by molar-refractivity contribution is 7.07. The highest BCUT2D eigenvalue weighted by Crippen LogP contribution is 2.28. The Morgan fingerprint density at radius 3 is 3.00 bits per heavy atom. The third kappa shape index (κ3) is 4.51. The van der Waals surface area contributed by atoms with Gasteiger partial charge in [-0.15, -0.1) is 11.3 Å². The lowest BCUT2D eigenvalue weighted by molar-refractivity contribution is -0.386. The van der Waals surface area contributed by atoms with Gasteiger partial charge >= 0.3 is 5.69 Å². The summed E-state index contributed by atoms with van der Waals surface area (Å²) in [6.45, 7) is 3.90. The molecule has 21 heavy (non-hydrogen) atoms. The number of hydrogen-bond acceptors (Lipinski definition) is 6. The lowest BCUT2D eigenvalue weighted by atomic mass is 10.2. The molecule has 0 saturated carbocycles. The smallest absolute Gasteiger partial charge is 0.310 e. The Kier molecular flexibility index (Phi) is 5.65. The molecule has 6 nitrogen and oxygen atoms in total. The van der Waals surface area contributed by atoms with Crippen molar-refractivity contribution in [2.75, 3.05) is 6.54 Å². The highest BCUT2D eigenvalue weighted by atomic mass is 32.1. The topological polar surface area (TPSA) is 77.3 Å². The van der Waals surface area contributed by atoms with Gasteiger partial charge in [-0.05, 0) is 24.6 Å². The Bertz CT molecular complexity index is 587. The van der Waals surface area contributed by atoms with Crippen LogP contribution >= 0.6 is 11.3 Å². The summed E-state index contributed by atoms with van der Waals surface area (Å²) in [6.07, 6.45) is 1.04. The van der Waals surface area contributed by atoms with Crippen LogP contribution in [0.3, 0.4) is 0 Å². The standard InChI is InChI=1S/C14H17N3O3S/c1-2-5-15-7-11-3-4-13(17(18)19)14(6-11)20-8-12-9-21-10-16-12/h3-4,6,9-10,15H,2,5,7-8H2,1H3. The van der Waals surface area contributed by atoms with Crippen molar-refractivity contribution in [3.05, 3.63) is 50.5 Å². The molecule has 1 heterocycles. The van der Waals surface area contributed by atoms with Crippen molar-refractivity contribution in [3.63, 3.8) is 0 Å². The maximum absolute atomic E-state index is 11.1. The number of benzene rings is 1. The molecular formula is C14H17N3O3S. The van der Waals surface area contributed by atoms with Gasteiger partial charge in [-0.2, -0.15) is 0 Å². The van der Waals surface area contributed by atoms with Crippen molar-refractivity contribution < 1.29 is 9.66 Å². The Morgan fingerprint density at radius 1 is 1.48 bits per heavy atom. The molecule has 0 atom stereocenters. The fourth-order valence-corrected chi connectivity index (χ4v) is 2.35. The Morgan fingerprint density at radius 2 is 2.33 bits per heavy atom. The zero-order valence-electron chi connectivity index (χ0n) is 11.7. The average molecular weight is 307 g/mol. The first kappa shape index (κ1) is 15.4. The number of nitro benzene ring substituents is 1. The van der Waals surface area contributed by atoms with Gasteiger partial charge in [0, 0.05) is 18.0 Å². The maximum atomic E-state index is 11.1. The molecule has 0 aliphatic heterocycles. The van der Waals surface area contributed by atoms with Crippen LogP contribution in [0.4, 0.5) is 5.69 Å². The second kappa shape index (κ2) is 7.70. The van der Waals surface area contributed by atoms with Gasteiger partial charge in [0.2, 0.25) is 0 Å². The molecule has 0 radical (unpaired) electrons. The summed E-state index contributed by atoms with van der Waals surface area (Å²) in [6, 6.07) is 4.95.